The van der Waals surface area contributed by atoms with Gasteiger partial charge in [-0.15, -0.1) is 0 Å². The number of hydrogen-bond donors (Lipinski definition) is 1. The van der Waals surface area contributed by atoms with Crippen LogP contribution in [0.5, 0.6) is 0 Å². The number of carboxylic acid groups (broad SMARTS) is 1. The second kappa shape index (κ2) is 8.89. The molecule has 0 radical (unpaired) electrons. The van der Waals surface area contributed by atoms with Crippen molar-refractivity contribution < 1.29 is 14.7 Å². The van der Waals surface area contributed by atoms with E-state index in [-0.39, 0.29) is 10.7 Å². The fourth-order valence-corrected chi connectivity index (χ4v) is 4.95. The van der Waals surface area contributed by atoms with Crippen molar-refractivity contribution in [3.8, 4) is 0 Å². The van der Waals surface area contributed by atoms with Gasteiger partial charge in [0.1, 0.15) is 5.84 Å². The molecular formula is C18H31N3O3P2S. The summed E-state index contributed by atoms with van der Waals surface area (Å²) in [6.45, 7) is 13.5. The predicted molar refractivity (Wildman–Crippen MR) is 123 cm³/mol. The molecule has 0 aliphatic carbocycles. The standard InChI is InChI=1S/C18H31N3O3P2S/c1-8-12(11-14(19-9-2)21(25)26)10-13-15(17(23)24)20(16(13)22)27(6,7)18(3,4)5/h8-9,11,13,15H,1-2,10,25-26H2,3-7H3,(H,23,24)/b12-11+,19-14?/t13-,15+/m1/s1. The van der Waals surface area contributed by atoms with Gasteiger partial charge in [0.15, 0.2) is 6.04 Å². The van der Waals surface area contributed by atoms with Crippen molar-refractivity contribution in [1.29, 1.82) is 0 Å². The highest BCUT2D eigenvalue weighted by Crippen LogP contribution is 2.61. The molecule has 6 nitrogen and oxygen atoms in total. The van der Waals surface area contributed by atoms with Gasteiger partial charge >= 0.3 is 5.97 Å². The zero-order valence-electron chi connectivity index (χ0n) is 16.7. The highest BCUT2D eigenvalue weighted by atomic mass is 32.3. The van der Waals surface area contributed by atoms with E-state index in [4.69, 9.17) is 0 Å². The lowest BCUT2D eigenvalue weighted by Crippen LogP contribution is -2.66. The molecule has 152 valence electrons. The lowest BCUT2D eigenvalue weighted by atomic mass is 9.84. The van der Waals surface area contributed by atoms with Crippen molar-refractivity contribution >= 4 is 46.7 Å². The Morgan fingerprint density at radius 1 is 1.37 bits per heavy atom. The van der Waals surface area contributed by atoms with E-state index >= 15 is 0 Å². The first kappa shape index (κ1) is 23.9. The van der Waals surface area contributed by atoms with Gasteiger partial charge in [0.2, 0.25) is 5.91 Å². The first-order valence-electron chi connectivity index (χ1n) is 8.39. The van der Waals surface area contributed by atoms with Crippen LogP contribution in [0.15, 0.2) is 42.1 Å². The molecule has 9 heteroatoms. The van der Waals surface area contributed by atoms with Gasteiger partial charge in [-0.3, -0.25) is 9.10 Å². The third-order valence-corrected chi connectivity index (χ3v) is 9.85. The third-order valence-electron chi connectivity index (χ3n) is 4.93. The summed E-state index contributed by atoms with van der Waals surface area (Å²) in [5.41, 5.74) is 0.748. The normalized spacial score (nSPS) is 22.2. The number of carbonyl (C=O) groups excluding carboxylic acids is 1. The Labute approximate surface area is 168 Å². The fourth-order valence-electron chi connectivity index (χ4n) is 2.69. The molecule has 1 heterocycles. The Hall–Kier alpha value is -1.16. The van der Waals surface area contributed by atoms with Crippen LogP contribution in [-0.4, -0.2) is 54.9 Å². The Bertz CT molecular complexity index is 696. The second-order valence-electron chi connectivity index (χ2n) is 7.64. The summed E-state index contributed by atoms with van der Waals surface area (Å²) < 4.78 is 3.07. The van der Waals surface area contributed by atoms with Crippen LogP contribution in [0.1, 0.15) is 27.2 Å². The lowest BCUT2D eigenvalue weighted by Gasteiger charge is -2.60. The highest BCUT2D eigenvalue weighted by molar-refractivity contribution is 8.32. The Morgan fingerprint density at radius 2 is 1.93 bits per heavy atom. The summed E-state index contributed by atoms with van der Waals surface area (Å²) in [6.07, 6.45) is 9.11. The van der Waals surface area contributed by atoms with Gasteiger partial charge in [-0.05, 0) is 49.4 Å². The maximum Gasteiger partial charge on any atom is 0.328 e. The van der Waals surface area contributed by atoms with Crippen molar-refractivity contribution in [2.45, 2.75) is 38.0 Å². The van der Waals surface area contributed by atoms with Gasteiger partial charge in [-0.2, -0.15) is 10.2 Å². The smallest absolute Gasteiger partial charge is 0.328 e. The maximum atomic E-state index is 12.9. The van der Waals surface area contributed by atoms with E-state index in [0.717, 1.165) is 5.57 Å². The molecule has 1 amide bonds. The van der Waals surface area contributed by atoms with Crippen LogP contribution < -0.4 is 0 Å². The quantitative estimate of drug-likeness (QED) is 0.220. The van der Waals surface area contributed by atoms with Crippen LogP contribution in [0.4, 0.5) is 0 Å². The number of amides is 1. The topological polar surface area (TPSA) is 73.2 Å². The van der Waals surface area contributed by atoms with E-state index in [1.807, 2.05) is 33.3 Å². The minimum atomic E-state index is -1.60. The molecule has 1 saturated heterocycles. The molecule has 0 spiro atoms. The number of amidine groups is 1. The molecule has 4 atom stereocenters. The van der Waals surface area contributed by atoms with Crippen molar-refractivity contribution in [2.24, 2.45) is 10.9 Å². The number of hydrogen-bond acceptors (Lipinski definition) is 3. The van der Waals surface area contributed by atoms with E-state index in [1.165, 1.54) is 6.20 Å². The molecular weight excluding hydrogens is 400 g/mol. The summed E-state index contributed by atoms with van der Waals surface area (Å²) in [5, 5.41) is 9.78. The third kappa shape index (κ3) is 5.01. The zero-order valence-corrected chi connectivity index (χ0v) is 19.8. The molecule has 0 saturated carbocycles. The van der Waals surface area contributed by atoms with Crippen molar-refractivity contribution in [3.05, 3.63) is 37.1 Å². The molecule has 1 aliphatic rings. The lowest BCUT2D eigenvalue weighted by molar-refractivity contribution is -0.162. The summed E-state index contributed by atoms with van der Waals surface area (Å²) in [5.74, 6) is -1.09. The van der Waals surface area contributed by atoms with Gasteiger partial charge < -0.3 is 9.55 Å². The Morgan fingerprint density at radius 3 is 2.30 bits per heavy atom. The number of β-lactam (4-membered cyclic amide) rings is 1. The van der Waals surface area contributed by atoms with E-state index in [2.05, 4.69) is 36.9 Å². The largest absolute Gasteiger partial charge is 0.480 e. The molecule has 1 N–H and O–H groups in total. The van der Waals surface area contributed by atoms with Crippen molar-refractivity contribution in [2.75, 3.05) is 12.5 Å². The molecule has 0 bridgehead atoms. The van der Waals surface area contributed by atoms with E-state index in [1.54, 1.807) is 20.9 Å². The SMILES string of the molecule is C=CN=C(/C=C(\C=C)C[C@H]1C(=O)N(S(C)(C)C(C)(C)C)[C@@H]1C(=O)O)N(P)P. The molecule has 1 fully saturated rings. The maximum absolute atomic E-state index is 12.9. The van der Waals surface area contributed by atoms with Crippen molar-refractivity contribution in [3.63, 3.8) is 0 Å². The van der Waals surface area contributed by atoms with Crippen LogP contribution in [0, 0.1) is 5.92 Å². The van der Waals surface area contributed by atoms with E-state index in [0.29, 0.717) is 12.3 Å². The van der Waals surface area contributed by atoms with Crippen LogP contribution in [-0.2, 0) is 9.59 Å². The Kier molecular flexibility index (Phi) is 7.87. The minimum Gasteiger partial charge on any atom is -0.480 e. The minimum absolute atomic E-state index is 0.110. The first-order chi connectivity index (χ1) is 12.3. The molecule has 2 unspecified atom stereocenters. The highest BCUT2D eigenvalue weighted by Gasteiger charge is 2.57. The number of nitrogens with zero attached hydrogens (tertiary/aromatic N) is 3. The van der Waals surface area contributed by atoms with Crippen molar-refractivity contribution in [1.82, 2.24) is 8.75 Å². The van der Waals surface area contributed by atoms with Crippen LogP contribution in [0.2, 0.25) is 0 Å². The van der Waals surface area contributed by atoms with Gasteiger partial charge in [-0.25, -0.2) is 9.79 Å². The summed E-state index contributed by atoms with van der Waals surface area (Å²) in [7, 11) is 3.33. The van der Waals surface area contributed by atoms with Gasteiger partial charge in [0, 0.05) is 10.9 Å². The number of aliphatic carboxylic acids is 1. The van der Waals surface area contributed by atoms with Gasteiger partial charge in [-0.1, -0.05) is 40.0 Å². The van der Waals surface area contributed by atoms with E-state index in [9.17, 15) is 14.7 Å². The first-order valence-corrected chi connectivity index (χ1v) is 11.8. The molecule has 0 aromatic carbocycles. The number of aliphatic imine (C=N–C) groups is 1. The van der Waals surface area contributed by atoms with Crippen LogP contribution in [0.25, 0.3) is 0 Å². The average Bonchev–Trinajstić information content (AvgIpc) is 2.52. The van der Waals surface area contributed by atoms with Gasteiger partial charge in [0.25, 0.3) is 0 Å². The number of rotatable bonds is 7. The zero-order chi connectivity index (χ0) is 21.2. The van der Waals surface area contributed by atoms with Crippen LogP contribution in [0.3, 0.4) is 0 Å². The number of allylic oxidation sites excluding steroid dienone is 2. The predicted octanol–water partition coefficient (Wildman–Crippen LogP) is 3.60. The number of carboxylic acids is 1. The average molecular weight is 431 g/mol. The van der Waals surface area contributed by atoms with E-state index < -0.39 is 28.1 Å². The summed E-state index contributed by atoms with van der Waals surface area (Å²) in [6, 6.07) is -0.826. The summed E-state index contributed by atoms with van der Waals surface area (Å²) in [4.78, 5) is 29.0. The van der Waals surface area contributed by atoms with Crippen LogP contribution >= 0.6 is 29.0 Å². The Balaban J connectivity index is 3.19. The number of carbonyl (C=O) groups is 2. The second-order valence-corrected chi connectivity index (χ2v) is 13.5. The molecule has 1 rings (SSSR count). The molecule has 1 aliphatic heterocycles. The molecule has 0 aromatic rings. The molecule has 27 heavy (non-hydrogen) atoms. The monoisotopic (exact) mass is 431 g/mol. The summed E-state index contributed by atoms with van der Waals surface area (Å²) >= 11 is 0. The fraction of sp³-hybridized carbons (Fsp3) is 0.500. The molecule has 0 aromatic heterocycles. The van der Waals surface area contributed by atoms with Gasteiger partial charge in [0.05, 0.1) is 5.92 Å².